The van der Waals surface area contributed by atoms with Gasteiger partial charge in [0.15, 0.2) is 0 Å². The van der Waals surface area contributed by atoms with Crippen LogP contribution in [0.2, 0.25) is 0 Å². The summed E-state index contributed by atoms with van der Waals surface area (Å²) in [5.41, 5.74) is 2.40. The number of hydrogen-bond donors (Lipinski definition) is 1. The smallest absolute Gasteiger partial charge is 0.252 e. The van der Waals surface area contributed by atoms with Crippen molar-refractivity contribution in [3.63, 3.8) is 0 Å². The monoisotopic (exact) mass is 381 g/mol. The van der Waals surface area contributed by atoms with Crippen LogP contribution in [0.5, 0.6) is 0 Å². The second-order valence-corrected chi connectivity index (χ2v) is 7.59. The Kier molecular flexibility index (Phi) is 6.96. The van der Waals surface area contributed by atoms with Crippen molar-refractivity contribution in [1.29, 1.82) is 0 Å². The maximum absolute atomic E-state index is 12.9. The van der Waals surface area contributed by atoms with Crippen LogP contribution >= 0.6 is 11.3 Å². The normalized spacial score (nSPS) is 11.2. The van der Waals surface area contributed by atoms with Crippen molar-refractivity contribution in [3.8, 4) is 10.6 Å². The summed E-state index contributed by atoms with van der Waals surface area (Å²) in [4.78, 5) is 21.1. The average Bonchev–Trinajstić information content (AvgIpc) is 3.22. The predicted molar refractivity (Wildman–Crippen MR) is 114 cm³/mol. The zero-order valence-electron chi connectivity index (χ0n) is 16.1. The number of pyridine rings is 1. The molecule has 0 fully saturated rings. The number of rotatable bonds is 9. The van der Waals surface area contributed by atoms with Crippen LogP contribution in [0, 0.1) is 0 Å². The van der Waals surface area contributed by atoms with Gasteiger partial charge in [0.2, 0.25) is 0 Å². The third kappa shape index (κ3) is 4.93. The summed E-state index contributed by atoms with van der Waals surface area (Å²) in [7, 11) is 0. The van der Waals surface area contributed by atoms with Gasteiger partial charge in [-0.15, -0.1) is 11.3 Å². The first-order valence-corrected chi connectivity index (χ1v) is 10.5. The summed E-state index contributed by atoms with van der Waals surface area (Å²) in [6.45, 7) is 8.07. The molecular formula is C22H27N3OS. The Morgan fingerprint density at radius 1 is 1.07 bits per heavy atom. The highest BCUT2D eigenvalue weighted by Gasteiger charge is 2.14. The quantitative estimate of drug-likeness (QED) is 0.578. The molecule has 3 rings (SSSR count). The second kappa shape index (κ2) is 9.62. The molecule has 4 nitrogen and oxygen atoms in total. The van der Waals surface area contributed by atoms with Crippen LogP contribution in [-0.4, -0.2) is 42.0 Å². The highest BCUT2D eigenvalue weighted by molar-refractivity contribution is 7.13. The molecule has 0 unspecified atom stereocenters. The van der Waals surface area contributed by atoms with E-state index >= 15 is 0 Å². The molecule has 0 radical (unpaired) electrons. The number of carbonyl (C=O) groups excluding carboxylic acids is 1. The molecule has 0 aliphatic rings. The first-order valence-electron chi connectivity index (χ1n) is 9.67. The molecule has 0 saturated heterocycles. The minimum Gasteiger partial charge on any atom is -0.351 e. The second-order valence-electron chi connectivity index (χ2n) is 6.65. The van der Waals surface area contributed by atoms with Crippen molar-refractivity contribution in [2.45, 2.75) is 26.7 Å². The molecular weight excluding hydrogens is 354 g/mol. The van der Waals surface area contributed by atoms with Crippen molar-refractivity contribution in [1.82, 2.24) is 15.2 Å². The van der Waals surface area contributed by atoms with Gasteiger partial charge in [0, 0.05) is 18.5 Å². The Balaban J connectivity index is 1.79. The minimum atomic E-state index is -0.0284. The van der Waals surface area contributed by atoms with E-state index in [-0.39, 0.29) is 5.91 Å². The number of para-hydroxylation sites is 1. The van der Waals surface area contributed by atoms with E-state index in [9.17, 15) is 4.79 Å². The predicted octanol–water partition coefficient (Wildman–Crippen LogP) is 4.82. The van der Waals surface area contributed by atoms with E-state index in [2.05, 4.69) is 24.1 Å². The van der Waals surface area contributed by atoms with Gasteiger partial charge in [-0.2, -0.15) is 0 Å². The summed E-state index contributed by atoms with van der Waals surface area (Å²) in [5.74, 6) is -0.0284. The molecule has 1 aromatic carbocycles. The Morgan fingerprint density at radius 3 is 2.56 bits per heavy atom. The van der Waals surface area contributed by atoms with Crippen LogP contribution in [0.25, 0.3) is 21.5 Å². The number of amides is 1. The van der Waals surface area contributed by atoms with Crippen LogP contribution in [0.1, 0.15) is 37.0 Å². The molecule has 0 atom stereocenters. The van der Waals surface area contributed by atoms with Gasteiger partial charge in [0.1, 0.15) is 0 Å². The van der Waals surface area contributed by atoms with Crippen molar-refractivity contribution >= 4 is 28.1 Å². The standard InChI is InChI=1S/C22H27N3OS/c1-3-12-25(13-4-2)14-11-23-22(26)18-16-20(21-10-7-15-27-21)24-19-9-6-5-8-17(18)19/h5-10,15-16H,3-4,11-14H2,1-2H3,(H,23,26). The van der Waals surface area contributed by atoms with Gasteiger partial charge in [-0.1, -0.05) is 38.1 Å². The van der Waals surface area contributed by atoms with E-state index in [0.717, 1.165) is 53.9 Å². The van der Waals surface area contributed by atoms with E-state index < -0.39 is 0 Å². The molecule has 1 N–H and O–H groups in total. The van der Waals surface area contributed by atoms with E-state index in [0.29, 0.717) is 12.1 Å². The van der Waals surface area contributed by atoms with Gasteiger partial charge < -0.3 is 10.2 Å². The molecule has 0 spiro atoms. The van der Waals surface area contributed by atoms with Crippen molar-refractivity contribution < 1.29 is 4.79 Å². The third-order valence-electron chi connectivity index (χ3n) is 4.53. The zero-order chi connectivity index (χ0) is 19.1. The molecule has 5 heteroatoms. The molecule has 142 valence electrons. The van der Waals surface area contributed by atoms with Crippen LogP contribution in [0.15, 0.2) is 47.8 Å². The van der Waals surface area contributed by atoms with Gasteiger partial charge in [0.05, 0.1) is 21.7 Å². The highest BCUT2D eigenvalue weighted by atomic mass is 32.1. The molecule has 27 heavy (non-hydrogen) atoms. The fraction of sp³-hybridized carbons (Fsp3) is 0.364. The van der Waals surface area contributed by atoms with Gasteiger partial charge in [0.25, 0.3) is 5.91 Å². The van der Waals surface area contributed by atoms with Crippen molar-refractivity contribution in [2.75, 3.05) is 26.2 Å². The lowest BCUT2D eigenvalue weighted by Crippen LogP contribution is -2.35. The summed E-state index contributed by atoms with van der Waals surface area (Å²) >= 11 is 1.64. The maximum Gasteiger partial charge on any atom is 0.252 e. The lowest BCUT2D eigenvalue weighted by Gasteiger charge is -2.21. The topological polar surface area (TPSA) is 45.2 Å². The lowest BCUT2D eigenvalue weighted by molar-refractivity contribution is 0.0950. The van der Waals surface area contributed by atoms with Gasteiger partial charge >= 0.3 is 0 Å². The Bertz CT molecular complexity index is 870. The molecule has 2 heterocycles. The van der Waals surface area contributed by atoms with E-state index in [4.69, 9.17) is 4.98 Å². The number of fused-ring (bicyclic) bond motifs is 1. The molecule has 1 amide bonds. The largest absolute Gasteiger partial charge is 0.351 e. The molecule has 0 aliphatic heterocycles. The van der Waals surface area contributed by atoms with Crippen LogP contribution in [0.4, 0.5) is 0 Å². The Labute approximate surface area is 165 Å². The number of carbonyl (C=O) groups is 1. The average molecular weight is 382 g/mol. The highest BCUT2D eigenvalue weighted by Crippen LogP contribution is 2.27. The van der Waals surface area contributed by atoms with E-state index in [1.165, 1.54) is 0 Å². The van der Waals surface area contributed by atoms with E-state index in [1.54, 1.807) is 11.3 Å². The van der Waals surface area contributed by atoms with Gasteiger partial charge in [-0.05, 0) is 49.5 Å². The fourth-order valence-electron chi connectivity index (χ4n) is 3.30. The molecule has 0 saturated carbocycles. The fourth-order valence-corrected chi connectivity index (χ4v) is 3.99. The van der Waals surface area contributed by atoms with Crippen LogP contribution < -0.4 is 5.32 Å². The Hall–Kier alpha value is -2.24. The number of hydrogen-bond acceptors (Lipinski definition) is 4. The van der Waals surface area contributed by atoms with Crippen molar-refractivity contribution in [3.05, 3.63) is 53.4 Å². The minimum absolute atomic E-state index is 0.0284. The molecule has 3 aromatic rings. The number of aromatic nitrogens is 1. The molecule has 2 aromatic heterocycles. The van der Waals surface area contributed by atoms with Crippen LogP contribution in [0.3, 0.4) is 0 Å². The summed E-state index contributed by atoms with van der Waals surface area (Å²) in [6, 6.07) is 13.8. The van der Waals surface area contributed by atoms with Crippen molar-refractivity contribution in [2.24, 2.45) is 0 Å². The summed E-state index contributed by atoms with van der Waals surface area (Å²) < 4.78 is 0. The maximum atomic E-state index is 12.9. The van der Waals surface area contributed by atoms with Gasteiger partial charge in [-0.3, -0.25) is 4.79 Å². The first kappa shape index (κ1) is 19.5. The SMILES string of the molecule is CCCN(CCC)CCNC(=O)c1cc(-c2cccs2)nc2ccccc12. The number of nitrogens with one attached hydrogen (secondary N) is 1. The third-order valence-corrected chi connectivity index (χ3v) is 5.42. The summed E-state index contributed by atoms with van der Waals surface area (Å²) in [6.07, 6.45) is 2.26. The number of nitrogens with zero attached hydrogens (tertiary/aromatic N) is 2. The molecule has 0 aliphatic carbocycles. The first-order chi connectivity index (χ1) is 13.2. The van der Waals surface area contributed by atoms with Gasteiger partial charge in [-0.25, -0.2) is 4.98 Å². The number of thiophene rings is 1. The summed E-state index contributed by atoms with van der Waals surface area (Å²) in [5, 5.41) is 6.03. The number of benzene rings is 1. The zero-order valence-corrected chi connectivity index (χ0v) is 16.9. The Morgan fingerprint density at radius 2 is 1.85 bits per heavy atom. The lowest BCUT2D eigenvalue weighted by atomic mass is 10.1. The van der Waals surface area contributed by atoms with E-state index in [1.807, 2.05) is 47.8 Å². The van der Waals surface area contributed by atoms with Crippen LogP contribution in [-0.2, 0) is 0 Å². The molecule has 0 bridgehead atoms.